The monoisotopic (exact) mass is 352 g/mol. The van der Waals surface area contributed by atoms with Gasteiger partial charge in [0.2, 0.25) is 0 Å². The van der Waals surface area contributed by atoms with Gasteiger partial charge in [-0.3, -0.25) is 0 Å². The van der Waals surface area contributed by atoms with E-state index in [1.54, 1.807) is 0 Å². The van der Waals surface area contributed by atoms with Gasteiger partial charge in [0.1, 0.15) is 0 Å². The van der Waals surface area contributed by atoms with E-state index in [-0.39, 0.29) is 12.1 Å². The van der Waals surface area contributed by atoms with Gasteiger partial charge in [-0.25, -0.2) is 0 Å². The summed E-state index contributed by atoms with van der Waals surface area (Å²) in [5.41, 5.74) is 1.73. The molecule has 0 fully saturated rings. The Morgan fingerprint density at radius 3 is 2.42 bits per heavy atom. The molecule has 134 valence electrons. The summed E-state index contributed by atoms with van der Waals surface area (Å²) in [6.45, 7) is 8.72. The zero-order valence-corrected chi connectivity index (χ0v) is 15.9. The molecule has 0 atom stereocenters. The van der Waals surface area contributed by atoms with E-state index in [2.05, 4.69) is 4.57 Å². The quantitative estimate of drug-likeness (QED) is 0.564. The molecule has 2 rings (SSSR count). The first-order valence-corrected chi connectivity index (χ1v) is 10.6. The Labute approximate surface area is 144 Å². The predicted molar refractivity (Wildman–Crippen MR) is 102 cm³/mol. The van der Waals surface area contributed by atoms with Crippen molar-refractivity contribution in [1.29, 1.82) is 0 Å². The van der Waals surface area contributed by atoms with E-state index < -0.39 is 7.87 Å². The van der Waals surface area contributed by atoms with Gasteiger partial charge in [0, 0.05) is 0 Å². The van der Waals surface area contributed by atoms with Gasteiger partial charge in [-0.05, 0) is 0 Å². The molecular formula is C18H29N2O3P. The molecule has 0 saturated heterocycles. The summed E-state index contributed by atoms with van der Waals surface area (Å²) in [4.78, 5) is 32.0. The van der Waals surface area contributed by atoms with Crippen LogP contribution in [0.1, 0.15) is 44.5 Å². The number of benzene rings is 1. The second kappa shape index (κ2) is 7.75. The summed E-state index contributed by atoms with van der Waals surface area (Å²) >= 11 is 0. The molecule has 0 aliphatic carbocycles. The van der Waals surface area contributed by atoms with Crippen LogP contribution in [0.2, 0.25) is 0 Å². The van der Waals surface area contributed by atoms with Crippen molar-refractivity contribution in [1.82, 2.24) is 9.24 Å². The van der Waals surface area contributed by atoms with Crippen LogP contribution in [0.5, 0.6) is 0 Å². The molecule has 0 unspecified atom stereocenters. The zero-order chi connectivity index (χ0) is 17.9. The van der Waals surface area contributed by atoms with Gasteiger partial charge in [0.05, 0.1) is 0 Å². The Morgan fingerprint density at radius 2 is 1.83 bits per heavy atom. The number of nitrogens with zero attached hydrogens (tertiary/aromatic N) is 2. The molecule has 0 spiro atoms. The number of rotatable bonds is 8. The number of aromatic nitrogens is 1. The molecule has 5 nitrogen and oxygen atoms in total. The number of hydrogen-bond donors (Lipinski definition) is 2. The molecule has 0 amide bonds. The van der Waals surface area contributed by atoms with Crippen LogP contribution in [0.3, 0.4) is 0 Å². The van der Waals surface area contributed by atoms with Crippen molar-refractivity contribution in [3.63, 3.8) is 0 Å². The van der Waals surface area contributed by atoms with Gasteiger partial charge >= 0.3 is 144 Å². The van der Waals surface area contributed by atoms with Crippen molar-refractivity contribution in [2.75, 3.05) is 6.16 Å². The van der Waals surface area contributed by atoms with Crippen molar-refractivity contribution in [2.45, 2.75) is 52.7 Å². The maximum atomic E-state index is 10.9. The van der Waals surface area contributed by atoms with Gasteiger partial charge in [-0.15, -0.1) is 0 Å². The third kappa shape index (κ3) is 4.22. The zero-order valence-electron chi connectivity index (χ0n) is 14.9. The van der Waals surface area contributed by atoms with E-state index in [0.717, 1.165) is 23.7 Å². The van der Waals surface area contributed by atoms with Gasteiger partial charge < -0.3 is 0 Å². The van der Waals surface area contributed by atoms with E-state index >= 15 is 0 Å². The summed E-state index contributed by atoms with van der Waals surface area (Å²) in [5, 5.41) is 1.03. The van der Waals surface area contributed by atoms with E-state index in [4.69, 9.17) is 0 Å². The van der Waals surface area contributed by atoms with Crippen molar-refractivity contribution >= 4 is 25.1 Å². The Balaban J connectivity index is 2.04. The molecule has 1 aromatic carbocycles. The Kier molecular flexibility index (Phi) is 6.16. The number of aryl methyl sites for hydroxylation is 1. The van der Waals surface area contributed by atoms with Crippen LogP contribution in [-0.2, 0) is 6.54 Å². The molecule has 0 saturated carbocycles. The summed E-state index contributed by atoms with van der Waals surface area (Å²) in [5.74, 6) is 0. The van der Waals surface area contributed by atoms with Crippen LogP contribution in [-0.4, -0.2) is 43.6 Å². The van der Waals surface area contributed by atoms with E-state index in [0.29, 0.717) is 18.1 Å². The second-order valence-electron chi connectivity index (χ2n) is 6.92. The first kappa shape index (κ1) is 19.1. The van der Waals surface area contributed by atoms with Gasteiger partial charge in [0.15, 0.2) is 0 Å². The first-order valence-electron chi connectivity index (χ1n) is 8.53. The Bertz CT molecular complexity index is 687. The number of hydrogen-bond acceptors (Lipinski definition) is 4. The minimum atomic E-state index is -3.40. The fourth-order valence-electron chi connectivity index (χ4n) is 3.53. The van der Waals surface area contributed by atoms with Crippen LogP contribution < -0.4 is 0 Å². The SMILES string of the molecule is CC(C)N(C(C)C)[PH](O)(O)CCCn1ccc2cc(C=O)ccc21. The van der Waals surface area contributed by atoms with Crippen LogP contribution in [0.25, 0.3) is 10.9 Å². The summed E-state index contributed by atoms with van der Waals surface area (Å²) in [6, 6.07) is 7.83. The van der Waals surface area contributed by atoms with Gasteiger partial charge in [-0.1, -0.05) is 0 Å². The van der Waals surface area contributed by atoms with Crippen molar-refractivity contribution in [2.24, 2.45) is 0 Å². The Morgan fingerprint density at radius 1 is 1.17 bits per heavy atom. The number of carbonyl (C=O) groups is 1. The Hall–Kier alpha value is -1.26. The fraction of sp³-hybridized carbons (Fsp3) is 0.500. The standard InChI is InChI=1S/C18H29N2O3P/c1-14(2)20(15(3)4)24(22,23)11-5-9-19-10-8-17-12-16(13-21)6-7-18(17)19/h6-8,10,12-15,22-24H,5,9,11H2,1-4H3. The molecule has 0 aliphatic rings. The second-order valence-corrected chi connectivity index (χ2v) is 9.48. The third-order valence-electron chi connectivity index (χ3n) is 4.37. The van der Waals surface area contributed by atoms with E-state index in [1.165, 1.54) is 0 Å². The van der Waals surface area contributed by atoms with Crippen LogP contribution in [0, 0.1) is 0 Å². The molecule has 0 radical (unpaired) electrons. The predicted octanol–water partition coefficient (Wildman–Crippen LogP) is 3.44. The van der Waals surface area contributed by atoms with Crippen molar-refractivity contribution < 1.29 is 14.6 Å². The molecular weight excluding hydrogens is 323 g/mol. The molecule has 2 N–H and O–H groups in total. The number of fused-ring (bicyclic) bond motifs is 1. The van der Waals surface area contributed by atoms with Gasteiger partial charge in [-0.2, -0.15) is 0 Å². The summed E-state index contributed by atoms with van der Waals surface area (Å²) in [6.07, 6.45) is 3.95. The third-order valence-corrected chi connectivity index (χ3v) is 7.25. The molecule has 1 aromatic heterocycles. The average Bonchev–Trinajstić information content (AvgIpc) is 2.88. The number of aldehydes is 1. The van der Waals surface area contributed by atoms with Crippen molar-refractivity contribution in [3.8, 4) is 0 Å². The van der Waals surface area contributed by atoms with Crippen molar-refractivity contribution in [3.05, 3.63) is 36.0 Å². The molecule has 0 aliphatic heterocycles. The maximum absolute atomic E-state index is 10.9. The fourth-order valence-corrected chi connectivity index (χ4v) is 6.07. The summed E-state index contributed by atoms with van der Waals surface area (Å²) < 4.78 is 3.96. The van der Waals surface area contributed by atoms with Crippen LogP contribution in [0.4, 0.5) is 0 Å². The minimum absolute atomic E-state index is 0.112. The molecule has 1 heterocycles. The topological polar surface area (TPSA) is 65.7 Å². The van der Waals surface area contributed by atoms with Crippen LogP contribution in [0.15, 0.2) is 30.5 Å². The van der Waals surface area contributed by atoms with Crippen LogP contribution >= 0.6 is 7.87 Å². The van der Waals surface area contributed by atoms with Gasteiger partial charge in [0.25, 0.3) is 0 Å². The average molecular weight is 352 g/mol. The normalized spacial score (nSPS) is 13.4. The number of carbonyl (C=O) groups excluding carboxylic acids is 1. The molecule has 0 bridgehead atoms. The van der Waals surface area contributed by atoms with E-state index in [1.807, 2.05) is 62.8 Å². The molecule has 24 heavy (non-hydrogen) atoms. The molecule has 2 aromatic rings. The molecule has 6 heteroatoms. The first-order chi connectivity index (χ1) is 11.3. The van der Waals surface area contributed by atoms with E-state index in [9.17, 15) is 14.6 Å². The summed E-state index contributed by atoms with van der Waals surface area (Å²) in [7, 11) is -3.40.